The molecule has 0 unspecified atom stereocenters. The number of aromatic nitrogens is 4. The highest BCUT2D eigenvalue weighted by molar-refractivity contribution is 9.10. The summed E-state index contributed by atoms with van der Waals surface area (Å²) in [5.74, 6) is 3.67. The topological polar surface area (TPSA) is 66.8 Å². The lowest BCUT2D eigenvalue weighted by atomic mass is 9.87. The minimum absolute atomic E-state index is 0.567. The molecule has 49 heavy (non-hydrogen) atoms. The van der Waals surface area contributed by atoms with Crippen LogP contribution >= 0.6 is 15.9 Å². The minimum atomic E-state index is 0.567. The second kappa shape index (κ2) is 17.5. The van der Waals surface area contributed by atoms with Gasteiger partial charge in [-0.1, -0.05) is 98.8 Å². The van der Waals surface area contributed by atoms with E-state index in [1.165, 1.54) is 71.4 Å². The van der Waals surface area contributed by atoms with Gasteiger partial charge in [-0.25, -0.2) is 19.9 Å². The number of nitrogens with zero attached hydrogens (tertiary/aromatic N) is 5. The Labute approximate surface area is 299 Å². The largest absolute Gasteiger partial charge is 0.341 e. The molecule has 7 heteroatoms. The number of benzene rings is 4. The molecule has 0 aliphatic carbocycles. The van der Waals surface area contributed by atoms with Crippen molar-refractivity contribution in [1.82, 2.24) is 25.3 Å². The average Bonchev–Trinajstić information content (AvgIpc) is 3.85. The van der Waals surface area contributed by atoms with Gasteiger partial charge >= 0.3 is 0 Å². The van der Waals surface area contributed by atoms with Crippen molar-refractivity contribution in [2.45, 2.75) is 51.4 Å². The van der Waals surface area contributed by atoms with Crippen molar-refractivity contribution in [3.63, 3.8) is 0 Å². The second-order valence-corrected chi connectivity index (χ2v) is 14.1. The van der Waals surface area contributed by atoms with Crippen molar-refractivity contribution in [3.8, 4) is 0 Å². The van der Waals surface area contributed by atoms with Crippen LogP contribution < -0.4 is 10.2 Å². The molecule has 0 bridgehead atoms. The van der Waals surface area contributed by atoms with Crippen LogP contribution in [0.2, 0.25) is 0 Å². The van der Waals surface area contributed by atoms with Crippen LogP contribution in [0.5, 0.6) is 0 Å². The second-order valence-electron chi connectivity index (χ2n) is 13.4. The van der Waals surface area contributed by atoms with Crippen LogP contribution in [0.3, 0.4) is 0 Å². The smallest absolute Gasteiger partial charge is 0.225 e. The van der Waals surface area contributed by atoms with E-state index < -0.39 is 0 Å². The van der Waals surface area contributed by atoms with Crippen molar-refractivity contribution in [2.75, 3.05) is 31.1 Å². The molecular weight excluding hydrogens is 668 g/mol. The van der Waals surface area contributed by atoms with Gasteiger partial charge in [0.05, 0.1) is 0 Å². The number of hydrogen-bond donors (Lipinski definition) is 1. The molecule has 0 saturated carbocycles. The lowest BCUT2D eigenvalue weighted by molar-refractivity contribution is 0.485. The van der Waals surface area contributed by atoms with Crippen molar-refractivity contribution in [3.05, 3.63) is 138 Å². The number of nitrogens with one attached hydrogen (secondary N) is 1. The Kier molecular flexibility index (Phi) is 12.3. The fraction of sp³-hybridized carbons (Fsp3) is 0.333. The monoisotopic (exact) mass is 714 g/mol. The highest BCUT2D eigenvalue weighted by Crippen LogP contribution is 2.34. The molecule has 6 nitrogen and oxygen atoms in total. The zero-order valence-electron chi connectivity index (χ0n) is 28.6. The first-order valence-corrected chi connectivity index (χ1v) is 18.4. The molecule has 4 aromatic carbocycles. The fourth-order valence-electron chi connectivity index (χ4n) is 7.47. The molecule has 2 fully saturated rings. The van der Waals surface area contributed by atoms with E-state index in [1.54, 1.807) is 18.5 Å². The first-order valence-electron chi connectivity index (χ1n) is 17.7. The highest BCUT2D eigenvalue weighted by atomic mass is 79.9. The molecule has 6 aromatic rings. The van der Waals surface area contributed by atoms with E-state index in [1.807, 2.05) is 18.5 Å². The third-order valence-corrected chi connectivity index (χ3v) is 10.3. The SMILES string of the molecule is Brc1ncccn1.C[C@@H](C[C@H]1CCN(c2ncccn2)C1)c1cccc2ccccc12.C[C@@H](C[C@H]1CCNC1)c1cccc2ccccc12. The molecule has 0 radical (unpaired) electrons. The third-order valence-electron chi connectivity index (χ3n) is 9.90. The summed E-state index contributed by atoms with van der Waals surface area (Å²) in [5.41, 5.74) is 2.99. The number of anilines is 1. The lowest BCUT2D eigenvalue weighted by Gasteiger charge is -2.20. The van der Waals surface area contributed by atoms with Crippen LogP contribution in [0.4, 0.5) is 5.95 Å². The summed E-state index contributed by atoms with van der Waals surface area (Å²) in [6, 6.07) is 34.5. The number of fused-ring (bicyclic) bond motifs is 2. The van der Waals surface area contributed by atoms with E-state index >= 15 is 0 Å². The van der Waals surface area contributed by atoms with E-state index in [0.29, 0.717) is 22.5 Å². The van der Waals surface area contributed by atoms with Crippen molar-refractivity contribution in [2.24, 2.45) is 11.8 Å². The molecule has 252 valence electrons. The van der Waals surface area contributed by atoms with Gasteiger partial charge in [0.25, 0.3) is 0 Å². The highest BCUT2D eigenvalue weighted by Gasteiger charge is 2.26. The van der Waals surface area contributed by atoms with Crippen LogP contribution in [-0.2, 0) is 0 Å². The van der Waals surface area contributed by atoms with E-state index in [-0.39, 0.29) is 0 Å². The van der Waals surface area contributed by atoms with Gasteiger partial charge < -0.3 is 10.2 Å². The zero-order chi connectivity index (χ0) is 33.8. The summed E-state index contributed by atoms with van der Waals surface area (Å²) >= 11 is 3.09. The number of rotatable bonds is 7. The van der Waals surface area contributed by atoms with E-state index in [4.69, 9.17) is 0 Å². The minimum Gasteiger partial charge on any atom is -0.341 e. The molecule has 2 aliphatic rings. The third kappa shape index (κ3) is 9.49. The molecule has 4 atom stereocenters. The summed E-state index contributed by atoms with van der Waals surface area (Å²) < 4.78 is 0.634. The van der Waals surface area contributed by atoms with Gasteiger partial charge in [0.2, 0.25) is 5.95 Å². The maximum Gasteiger partial charge on any atom is 0.225 e. The van der Waals surface area contributed by atoms with Crippen LogP contribution in [0.15, 0.2) is 127 Å². The molecule has 0 spiro atoms. The molecule has 8 rings (SSSR count). The lowest BCUT2D eigenvalue weighted by Crippen LogP contribution is -2.22. The normalized spacial score (nSPS) is 18.3. The van der Waals surface area contributed by atoms with Gasteiger partial charge in [0, 0.05) is 37.9 Å². The van der Waals surface area contributed by atoms with Gasteiger partial charge in [0.1, 0.15) is 0 Å². The van der Waals surface area contributed by atoms with Crippen molar-refractivity contribution in [1.29, 1.82) is 0 Å². The van der Waals surface area contributed by atoms with Gasteiger partial charge in [-0.15, -0.1) is 0 Å². The summed E-state index contributed by atoms with van der Waals surface area (Å²) in [4.78, 5) is 18.7. The zero-order valence-corrected chi connectivity index (χ0v) is 30.2. The van der Waals surface area contributed by atoms with Gasteiger partial charge in [-0.2, -0.15) is 0 Å². The predicted octanol–water partition coefficient (Wildman–Crippen LogP) is 9.83. The Morgan fingerprint density at radius 3 is 1.71 bits per heavy atom. The Balaban J connectivity index is 0.000000146. The van der Waals surface area contributed by atoms with E-state index in [2.05, 4.69) is 145 Å². The van der Waals surface area contributed by atoms with Crippen LogP contribution in [-0.4, -0.2) is 46.1 Å². The maximum absolute atomic E-state index is 4.39. The number of halogens is 1. The first kappa shape index (κ1) is 34.7. The molecule has 0 amide bonds. The summed E-state index contributed by atoms with van der Waals surface area (Å²) in [5, 5.41) is 9.00. The van der Waals surface area contributed by atoms with Crippen LogP contribution in [0.25, 0.3) is 21.5 Å². The maximum atomic E-state index is 4.39. The Bertz CT molecular complexity index is 1870. The van der Waals surface area contributed by atoms with Gasteiger partial charge in [0.15, 0.2) is 4.73 Å². The van der Waals surface area contributed by atoms with Gasteiger partial charge in [-0.05, 0) is 123 Å². The van der Waals surface area contributed by atoms with Crippen LogP contribution in [0, 0.1) is 11.8 Å². The molecule has 1 N–H and O–H groups in total. The van der Waals surface area contributed by atoms with E-state index in [9.17, 15) is 0 Å². The summed E-state index contributed by atoms with van der Waals surface area (Å²) in [7, 11) is 0. The molecule has 2 aliphatic heterocycles. The number of hydrogen-bond acceptors (Lipinski definition) is 6. The van der Waals surface area contributed by atoms with E-state index in [0.717, 1.165) is 25.0 Å². The van der Waals surface area contributed by atoms with Crippen LogP contribution in [0.1, 0.15) is 62.5 Å². The molecule has 2 aromatic heterocycles. The summed E-state index contributed by atoms with van der Waals surface area (Å²) in [6.45, 7) is 9.28. The standard InChI is InChI=1S/C21H23N3.C17H21N.C4H3BrN2/c1-16(19-9-4-7-18-6-2-3-8-20(18)19)14-17-10-13-24(15-17)21-22-11-5-12-23-21;1-13(11-14-9-10-18-12-14)16-8-4-6-15-5-2-3-7-17(15)16;5-4-6-2-1-3-7-4/h2-9,11-12,16-17H,10,13-15H2,1H3;2-8,13-14,18H,9-12H2,1H3;1-3H/t16-,17+;13-,14+;/m00./s1. The summed E-state index contributed by atoms with van der Waals surface area (Å²) in [6.07, 6.45) is 12.1. The quantitative estimate of drug-likeness (QED) is 0.166. The fourth-order valence-corrected chi connectivity index (χ4v) is 7.71. The first-order chi connectivity index (χ1) is 24.0. The predicted molar refractivity (Wildman–Crippen MR) is 207 cm³/mol. The van der Waals surface area contributed by atoms with Crippen molar-refractivity contribution < 1.29 is 0 Å². The molecule has 2 saturated heterocycles. The van der Waals surface area contributed by atoms with Crippen molar-refractivity contribution >= 4 is 43.4 Å². The Morgan fingerprint density at radius 2 is 1.18 bits per heavy atom. The average molecular weight is 716 g/mol. The van der Waals surface area contributed by atoms with Gasteiger partial charge in [-0.3, -0.25) is 0 Å². The molecular formula is C42H47BrN6. The Morgan fingerprint density at radius 1 is 0.653 bits per heavy atom. The molecule has 4 heterocycles. The Hall–Kier alpha value is -4.20.